The van der Waals surface area contributed by atoms with Gasteiger partial charge in [0.25, 0.3) is 0 Å². The number of benzene rings is 1. The number of carbonyl (C=O) groups excluding carboxylic acids is 1. The van der Waals surface area contributed by atoms with Crippen molar-refractivity contribution in [3.8, 4) is 0 Å². The third-order valence-electron chi connectivity index (χ3n) is 8.26. The Bertz CT molecular complexity index is 1020. The van der Waals surface area contributed by atoms with E-state index in [1.807, 2.05) is 39.0 Å². The number of allylic oxidation sites excluding steroid dienone is 3. The van der Waals surface area contributed by atoms with E-state index in [2.05, 4.69) is 46.0 Å². The molecule has 4 rings (SSSR count). The number of Topliss-reactive ketones (excluding diaryl/α,β-unsaturated/α-hetero) is 1. The highest BCUT2D eigenvalue weighted by atomic mass is 28.4. The summed E-state index contributed by atoms with van der Waals surface area (Å²) in [6.45, 7) is 18.8. The Hall–Kier alpha value is -1.73. The quantitative estimate of drug-likeness (QED) is 0.423. The first-order chi connectivity index (χ1) is 16.2. The number of rotatable bonds is 5. The molecule has 6 heteroatoms. The number of carbonyl (C=O) groups is 1. The summed E-state index contributed by atoms with van der Waals surface area (Å²) in [7, 11) is -2.15. The van der Waals surface area contributed by atoms with Crippen molar-refractivity contribution >= 4 is 14.1 Å². The molecule has 0 radical (unpaired) electrons. The van der Waals surface area contributed by atoms with Crippen LogP contribution in [0.3, 0.4) is 0 Å². The maximum atomic E-state index is 13.0. The molecule has 5 nitrogen and oxygen atoms in total. The zero-order chi connectivity index (χ0) is 25.6. The maximum absolute atomic E-state index is 13.0. The average molecular weight is 499 g/mol. The Morgan fingerprint density at radius 2 is 1.69 bits per heavy atom. The molecule has 2 aliphatic carbocycles. The van der Waals surface area contributed by atoms with Crippen LogP contribution in [0.4, 0.5) is 0 Å². The topological polar surface area (TPSA) is 54.0 Å². The van der Waals surface area contributed by atoms with E-state index >= 15 is 0 Å². The van der Waals surface area contributed by atoms with Crippen LogP contribution < -0.4 is 0 Å². The maximum Gasteiger partial charge on any atom is 0.193 e. The predicted octanol–water partition coefficient (Wildman–Crippen LogP) is 6.70. The van der Waals surface area contributed by atoms with Gasteiger partial charge in [0.15, 0.2) is 19.9 Å². The molecule has 1 aliphatic heterocycles. The van der Waals surface area contributed by atoms with Crippen LogP contribution in [0.1, 0.15) is 66.4 Å². The van der Waals surface area contributed by atoms with E-state index in [9.17, 15) is 4.79 Å². The highest BCUT2D eigenvalue weighted by molar-refractivity contribution is 6.74. The van der Waals surface area contributed by atoms with Crippen LogP contribution >= 0.6 is 0 Å². The zero-order valence-electron chi connectivity index (χ0n) is 22.7. The van der Waals surface area contributed by atoms with Crippen LogP contribution in [0.2, 0.25) is 18.1 Å². The molecule has 35 heavy (non-hydrogen) atoms. The molecule has 0 aromatic heterocycles. The smallest absolute Gasteiger partial charge is 0.193 e. The highest BCUT2D eigenvalue weighted by Gasteiger charge is 2.50. The minimum Gasteiger partial charge on any atom is -0.490 e. The molecule has 1 heterocycles. The van der Waals surface area contributed by atoms with Crippen molar-refractivity contribution < 1.29 is 23.4 Å². The molecule has 0 bridgehead atoms. The minimum atomic E-state index is -2.15. The van der Waals surface area contributed by atoms with Crippen LogP contribution in [0.25, 0.3) is 0 Å². The second kappa shape index (κ2) is 9.29. The van der Waals surface area contributed by atoms with Crippen LogP contribution in [-0.4, -0.2) is 39.2 Å². The summed E-state index contributed by atoms with van der Waals surface area (Å²) in [6.07, 6.45) is 1.62. The molecule has 1 spiro atoms. The first kappa shape index (κ1) is 26.3. The Kier molecular flexibility index (Phi) is 6.99. The van der Waals surface area contributed by atoms with E-state index in [0.29, 0.717) is 26.2 Å². The summed E-state index contributed by atoms with van der Waals surface area (Å²) in [5, 5.41) is 0.0450. The Balaban J connectivity index is 1.77. The van der Waals surface area contributed by atoms with Crippen LogP contribution in [0.15, 0.2) is 52.8 Å². The van der Waals surface area contributed by atoms with Gasteiger partial charge in [-0.1, -0.05) is 51.1 Å². The van der Waals surface area contributed by atoms with E-state index in [1.165, 1.54) is 0 Å². The molecular formula is C29H42O5Si. The summed E-state index contributed by atoms with van der Waals surface area (Å²) >= 11 is 0. The van der Waals surface area contributed by atoms with Gasteiger partial charge >= 0.3 is 0 Å². The first-order valence-corrected chi connectivity index (χ1v) is 15.7. The second-order valence-corrected chi connectivity index (χ2v) is 17.3. The van der Waals surface area contributed by atoms with Gasteiger partial charge in [0, 0.05) is 17.4 Å². The van der Waals surface area contributed by atoms with Gasteiger partial charge in [0.1, 0.15) is 18.5 Å². The molecule has 0 saturated carbocycles. The molecule has 0 N–H and O–H groups in total. The van der Waals surface area contributed by atoms with E-state index in [1.54, 1.807) is 0 Å². The van der Waals surface area contributed by atoms with Gasteiger partial charge in [0.05, 0.1) is 13.2 Å². The summed E-state index contributed by atoms with van der Waals surface area (Å²) in [6, 6.07) is 10.2. The number of ketones is 1. The molecule has 1 saturated heterocycles. The SMILES string of the molecule is CC1=C2CC3(COC(C)(C)OC3)CC(O[Si](C)(C)C(C)(C)C)C(OCc3ccccc3)=C2CC1=O. The van der Waals surface area contributed by atoms with Gasteiger partial charge in [-0.05, 0) is 68.5 Å². The second-order valence-electron chi connectivity index (χ2n) is 12.5. The van der Waals surface area contributed by atoms with Gasteiger partial charge in [-0.2, -0.15) is 0 Å². The number of ether oxygens (including phenoxy) is 3. The third kappa shape index (κ3) is 5.51. The summed E-state index contributed by atoms with van der Waals surface area (Å²) in [5.41, 5.74) is 3.80. The lowest BCUT2D eigenvalue weighted by atomic mass is 9.78. The molecule has 1 aromatic carbocycles. The lowest BCUT2D eigenvalue weighted by Crippen LogP contribution is -2.50. The zero-order valence-corrected chi connectivity index (χ0v) is 23.7. The standard InChI is InChI=1S/C29H42O5Si/c1-20-23-15-29(18-32-28(5,6)33-19-29)16-25(34-35(7,8)27(2,3)4)26(22(23)14-24(20)30)31-17-21-12-10-9-11-13-21/h9-13,25H,14-19H2,1-8H3. The number of hydrogen-bond acceptors (Lipinski definition) is 5. The average Bonchev–Trinajstić information content (AvgIpc) is 2.97. The van der Waals surface area contributed by atoms with Gasteiger partial charge in [-0.25, -0.2) is 0 Å². The van der Waals surface area contributed by atoms with Crippen LogP contribution in [0.5, 0.6) is 0 Å². The van der Waals surface area contributed by atoms with Crippen molar-refractivity contribution in [2.45, 2.75) is 97.4 Å². The van der Waals surface area contributed by atoms with Crippen molar-refractivity contribution in [1.29, 1.82) is 0 Å². The summed E-state index contributed by atoms with van der Waals surface area (Å²) in [4.78, 5) is 13.0. The van der Waals surface area contributed by atoms with E-state index in [-0.39, 0.29) is 22.3 Å². The molecule has 1 fully saturated rings. The van der Waals surface area contributed by atoms with Crippen molar-refractivity contribution in [2.24, 2.45) is 5.41 Å². The van der Waals surface area contributed by atoms with Gasteiger partial charge in [0.2, 0.25) is 0 Å². The van der Waals surface area contributed by atoms with Crippen molar-refractivity contribution in [3.63, 3.8) is 0 Å². The number of fused-ring (bicyclic) bond motifs is 1. The molecular weight excluding hydrogens is 456 g/mol. The Morgan fingerprint density at radius 1 is 1.06 bits per heavy atom. The molecule has 192 valence electrons. The molecule has 1 unspecified atom stereocenters. The largest absolute Gasteiger partial charge is 0.490 e. The van der Waals surface area contributed by atoms with E-state index < -0.39 is 14.1 Å². The highest BCUT2D eigenvalue weighted by Crippen LogP contribution is 2.51. The van der Waals surface area contributed by atoms with Gasteiger partial charge in [-0.3, -0.25) is 4.79 Å². The van der Waals surface area contributed by atoms with Crippen LogP contribution in [0, 0.1) is 5.41 Å². The molecule has 1 aromatic rings. The molecule has 0 amide bonds. The molecule has 1 atom stereocenters. The summed E-state index contributed by atoms with van der Waals surface area (Å²) in [5.74, 6) is 0.406. The predicted molar refractivity (Wildman–Crippen MR) is 140 cm³/mol. The number of hydrogen-bond donors (Lipinski definition) is 0. The fourth-order valence-corrected chi connectivity index (χ4v) is 6.15. The third-order valence-corrected chi connectivity index (χ3v) is 12.8. The fraction of sp³-hybridized carbons (Fsp3) is 0.621. The normalized spacial score (nSPS) is 24.6. The monoisotopic (exact) mass is 498 g/mol. The van der Waals surface area contributed by atoms with E-state index in [4.69, 9.17) is 18.6 Å². The first-order valence-electron chi connectivity index (χ1n) is 12.8. The van der Waals surface area contributed by atoms with Crippen molar-refractivity contribution in [1.82, 2.24) is 0 Å². The van der Waals surface area contributed by atoms with Crippen LogP contribution in [-0.2, 0) is 30.0 Å². The van der Waals surface area contributed by atoms with Crippen molar-refractivity contribution in [3.05, 3.63) is 58.4 Å². The van der Waals surface area contributed by atoms with Crippen molar-refractivity contribution in [2.75, 3.05) is 13.2 Å². The Morgan fingerprint density at radius 3 is 2.29 bits per heavy atom. The molecule has 3 aliphatic rings. The Labute approximate surface area is 212 Å². The summed E-state index contributed by atoms with van der Waals surface area (Å²) < 4.78 is 26.1. The van der Waals surface area contributed by atoms with E-state index in [0.717, 1.165) is 40.9 Å². The van der Waals surface area contributed by atoms with Gasteiger partial charge < -0.3 is 18.6 Å². The lowest BCUT2D eigenvalue weighted by Gasteiger charge is -2.46. The van der Waals surface area contributed by atoms with Gasteiger partial charge in [-0.15, -0.1) is 0 Å². The fourth-order valence-electron chi connectivity index (χ4n) is 4.90. The minimum absolute atomic E-state index is 0.0450. The lowest BCUT2D eigenvalue weighted by molar-refractivity contribution is -0.288.